The summed E-state index contributed by atoms with van der Waals surface area (Å²) in [5, 5.41) is 0. The molecule has 0 N–H and O–H groups in total. The molecule has 0 aromatic rings. The Kier molecular flexibility index (Phi) is 4.94. The molecule has 14 heavy (non-hydrogen) atoms. The first kappa shape index (κ1) is 11.5. The predicted molar refractivity (Wildman–Crippen MR) is 56.1 cm³/mol. The maximum atomic E-state index is 11.1. The van der Waals surface area contributed by atoms with Crippen molar-refractivity contribution >= 4 is 5.97 Å². The minimum absolute atomic E-state index is 0.0569. The molecule has 0 aromatic carbocycles. The van der Waals surface area contributed by atoms with E-state index in [2.05, 4.69) is 11.8 Å². The van der Waals surface area contributed by atoms with Gasteiger partial charge in [0.05, 0.1) is 6.61 Å². The molecule has 1 saturated heterocycles. The van der Waals surface area contributed by atoms with Gasteiger partial charge in [-0.3, -0.25) is 4.79 Å². The zero-order chi connectivity index (χ0) is 10.4. The average Bonchev–Trinajstić information content (AvgIpc) is 2.67. The van der Waals surface area contributed by atoms with E-state index >= 15 is 0 Å². The summed E-state index contributed by atoms with van der Waals surface area (Å²) in [6.45, 7) is 6.94. The third kappa shape index (κ3) is 3.66. The highest BCUT2D eigenvalue weighted by Crippen LogP contribution is 2.14. The summed E-state index contributed by atoms with van der Waals surface area (Å²) in [6, 6.07) is 0.530. The smallest absolute Gasteiger partial charge is 0.305 e. The van der Waals surface area contributed by atoms with Crippen LogP contribution >= 0.6 is 0 Å². The van der Waals surface area contributed by atoms with Crippen LogP contribution in [0.1, 0.15) is 39.5 Å². The van der Waals surface area contributed by atoms with Gasteiger partial charge < -0.3 is 9.64 Å². The Balaban J connectivity index is 2.13. The zero-order valence-corrected chi connectivity index (χ0v) is 9.29. The van der Waals surface area contributed by atoms with Gasteiger partial charge >= 0.3 is 5.97 Å². The van der Waals surface area contributed by atoms with Crippen LogP contribution in [0.5, 0.6) is 0 Å². The van der Waals surface area contributed by atoms with E-state index in [1.807, 2.05) is 6.92 Å². The standard InChI is InChI=1S/C11H21NO2/c1-3-14-11(13)7-6-10(2)12-8-4-5-9-12/h10H,3-9H2,1-2H3. The lowest BCUT2D eigenvalue weighted by atomic mass is 10.1. The van der Waals surface area contributed by atoms with Crippen molar-refractivity contribution in [1.29, 1.82) is 0 Å². The number of hydrogen-bond acceptors (Lipinski definition) is 3. The molecule has 0 spiro atoms. The van der Waals surface area contributed by atoms with Crippen LogP contribution in [0.2, 0.25) is 0 Å². The van der Waals surface area contributed by atoms with Crippen molar-refractivity contribution in [1.82, 2.24) is 4.90 Å². The minimum atomic E-state index is -0.0569. The molecule has 1 rings (SSSR count). The van der Waals surface area contributed by atoms with Crippen LogP contribution in [0.3, 0.4) is 0 Å². The number of ether oxygens (including phenoxy) is 1. The van der Waals surface area contributed by atoms with Crippen LogP contribution in [-0.4, -0.2) is 36.6 Å². The average molecular weight is 199 g/mol. The molecule has 82 valence electrons. The molecule has 0 saturated carbocycles. The van der Waals surface area contributed by atoms with Gasteiger partial charge in [-0.05, 0) is 46.2 Å². The second-order valence-corrected chi connectivity index (χ2v) is 3.94. The van der Waals surface area contributed by atoms with Gasteiger partial charge in [0.25, 0.3) is 0 Å². The van der Waals surface area contributed by atoms with E-state index in [4.69, 9.17) is 4.74 Å². The molecule has 1 aliphatic heterocycles. The number of nitrogens with zero attached hydrogens (tertiary/aromatic N) is 1. The van der Waals surface area contributed by atoms with E-state index in [1.165, 1.54) is 25.9 Å². The summed E-state index contributed by atoms with van der Waals surface area (Å²) < 4.78 is 4.90. The summed E-state index contributed by atoms with van der Waals surface area (Å²) in [6.07, 6.45) is 4.11. The fourth-order valence-corrected chi connectivity index (χ4v) is 1.92. The summed E-state index contributed by atoms with van der Waals surface area (Å²) in [7, 11) is 0. The molecular weight excluding hydrogens is 178 g/mol. The first-order chi connectivity index (χ1) is 6.74. The van der Waals surface area contributed by atoms with E-state index < -0.39 is 0 Å². The van der Waals surface area contributed by atoms with Gasteiger partial charge in [0.15, 0.2) is 0 Å². The molecule has 1 atom stereocenters. The van der Waals surface area contributed by atoms with Crippen molar-refractivity contribution in [3.63, 3.8) is 0 Å². The summed E-state index contributed by atoms with van der Waals surface area (Å²) in [5.41, 5.74) is 0. The van der Waals surface area contributed by atoms with Gasteiger partial charge in [0.1, 0.15) is 0 Å². The zero-order valence-electron chi connectivity index (χ0n) is 9.29. The predicted octanol–water partition coefficient (Wildman–Crippen LogP) is 1.81. The number of esters is 1. The Labute approximate surface area is 86.4 Å². The van der Waals surface area contributed by atoms with Gasteiger partial charge in [-0.1, -0.05) is 0 Å². The van der Waals surface area contributed by atoms with Crippen molar-refractivity contribution in [2.24, 2.45) is 0 Å². The van der Waals surface area contributed by atoms with Crippen LogP contribution in [-0.2, 0) is 9.53 Å². The molecule has 1 heterocycles. The number of hydrogen-bond donors (Lipinski definition) is 0. The molecule has 3 nitrogen and oxygen atoms in total. The Morgan fingerprint density at radius 1 is 1.43 bits per heavy atom. The topological polar surface area (TPSA) is 29.5 Å². The lowest BCUT2D eigenvalue weighted by Gasteiger charge is -2.23. The molecule has 1 aliphatic rings. The molecule has 1 fully saturated rings. The van der Waals surface area contributed by atoms with Crippen LogP contribution < -0.4 is 0 Å². The van der Waals surface area contributed by atoms with Gasteiger partial charge in [-0.15, -0.1) is 0 Å². The largest absolute Gasteiger partial charge is 0.466 e. The lowest BCUT2D eigenvalue weighted by molar-refractivity contribution is -0.143. The van der Waals surface area contributed by atoms with E-state index in [0.29, 0.717) is 19.1 Å². The van der Waals surface area contributed by atoms with E-state index in [0.717, 1.165) is 6.42 Å². The number of rotatable bonds is 5. The fraction of sp³-hybridized carbons (Fsp3) is 0.909. The van der Waals surface area contributed by atoms with E-state index in [-0.39, 0.29) is 5.97 Å². The minimum Gasteiger partial charge on any atom is -0.466 e. The van der Waals surface area contributed by atoms with Crippen molar-refractivity contribution in [2.75, 3.05) is 19.7 Å². The van der Waals surface area contributed by atoms with Crippen LogP contribution in [0.25, 0.3) is 0 Å². The van der Waals surface area contributed by atoms with Crippen molar-refractivity contribution in [3.05, 3.63) is 0 Å². The molecule has 0 aliphatic carbocycles. The molecular formula is C11H21NO2. The van der Waals surface area contributed by atoms with Gasteiger partial charge in [0.2, 0.25) is 0 Å². The summed E-state index contributed by atoms with van der Waals surface area (Å²) in [5.74, 6) is -0.0569. The molecule has 0 radical (unpaired) electrons. The van der Waals surface area contributed by atoms with E-state index in [9.17, 15) is 4.79 Å². The van der Waals surface area contributed by atoms with Gasteiger partial charge in [0, 0.05) is 12.5 Å². The maximum Gasteiger partial charge on any atom is 0.305 e. The van der Waals surface area contributed by atoms with Crippen molar-refractivity contribution < 1.29 is 9.53 Å². The number of carbonyl (C=O) groups is 1. The highest BCUT2D eigenvalue weighted by molar-refractivity contribution is 5.69. The first-order valence-corrected chi connectivity index (χ1v) is 5.63. The van der Waals surface area contributed by atoms with Crippen molar-refractivity contribution in [3.8, 4) is 0 Å². The highest BCUT2D eigenvalue weighted by atomic mass is 16.5. The Morgan fingerprint density at radius 3 is 2.64 bits per heavy atom. The molecule has 1 unspecified atom stereocenters. The summed E-state index contributed by atoms with van der Waals surface area (Å²) >= 11 is 0. The van der Waals surface area contributed by atoms with Gasteiger partial charge in [-0.25, -0.2) is 0 Å². The Morgan fingerprint density at radius 2 is 2.07 bits per heavy atom. The quantitative estimate of drug-likeness (QED) is 0.632. The SMILES string of the molecule is CCOC(=O)CCC(C)N1CCCC1. The van der Waals surface area contributed by atoms with Crippen LogP contribution in [0, 0.1) is 0 Å². The highest BCUT2D eigenvalue weighted by Gasteiger charge is 2.18. The number of carbonyl (C=O) groups excluding carboxylic acids is 1. The molecule has 3 heteroatoms. The lowest BCUT2D eigenvalue weighted by Crippen LogP contribution is -2.30. The van der Waals surface area contributed by atoms with Crippen molar-refractivity contribution in [2.45, 2.75) is 45.6 Å². The second kappa shape index (κ2) is 6.02. The van der Waals surface area contributed by atoms with E-state index in [1.54, 1.807) is 0 Å². The Bertz CT molecular complexity index is 176. The normalized spacial score (nSPS) is 19.6. The second-order valence-electron chi connectivity index (χ2n) is 3.94. The number of likely N-dealkylation sites (tertiary alicyclic amines) is 1. The van der Waals surface area contributed by atoms with Crippen LogP contribution in [0.15, 0.2) is 0 Å². The Hall–Kier alpha value is -0.570. The maximum absolute atomic E-state index is 11.1. The molecule has 0 aromatic heterocycles. The molecule has 0 amide bonds. The van der Waals surface area contributed by atoms with Gasteiger partial charge in [-0.2, -0.15) is 0 Å². The summed E-state index contributed by atoms with van der Waals surface area (Å²) in [4.78, 5) is 13.6. The first-order valence-electron chi connectivity index (χ1n) is 5.63. The molecule has 0 bridgehead atoms. The monoisotopic (exact) mass is 199 g/mol. The fourth-order valence-electron chi connectivity index (χ4n) is 1.92. The third-order valence-corrected chi connectivity index (χ3v) is 2.84. The van der Waals surface area contributed by atoms with Crippen LogP contribution in [0.4, 0.5) is 0 Å². The third-order valence-electron chi connectivity index (χ3n) is 2.84.